The fourth-order valence-corrected chi connectivity index (χ4v) is 3.11. The number of para-hydroxylation sites is 1. The van der Waals surface area contributed by atoms with Crippen LogP contribution in [0.5, 0.6) is 0 Å². The topological polar surface area (TPSA) is 85.3 Å². The van der Waals surface area contributed by atoms with Crippen molar-refractivity contribution in [3.63, 3.8) is 0 Å². The van der Waals surface area contributed by atoms with Crippen molar-refractivity contribution in [2.45, 2.75) is 18.1 Å². The molecule has 8 heteroatoms. The first-order chi connectivity index (χ1) is 12.2. The number of nitrogens with zero attached hydrogens (tertiary/aromatic N) is 4. The zero-order valence-corrected chi connectivity index (χ0v) is 14.2. The summed E-state index contributed by atoms with van der Waals surface area (Å²) in [6.45, 7) is 1.90. The lowest BCUT2D eigenvalue weighted by Crippen LogP contribution is -2.27. The molecule has 126 valence electrons. The molecule has 1 amide bonds. The van der Waals surface area contributed by atoms with Crippen molar-refractivity contribution < 1.29 is 9.21 Å². The predicted octanol–water partition coefficient (Wildman–Crippen LogP) is 2.84. The van der Waals surface area contributed by atoms with Gasteiger partial charge >= 0.3 is 0 Å². The number of rotatable bonds is 5. The van der Waals surface area contributed by atoms with Crippen LogP contribution < -0.4 is 5.32 Å². The van der Waals surface area contributed by atoms with E-state index in [9.17, 15) is 4.79 Å². The van der Waals surface area contributed by atoms with Gasteiger partial charge in [-0.1, -0.05) is 30.0 Å². The monoisotopic (exact) mass is 353 g/mol. The fourth-order valence-electron chi connectivity index (χ4n) is 2.48. The summed E-state index contributed by atoms with van der Waals surface area (Å²) in [5.41, 5.74) is 0.814. The predicted molar refractivity (Wildman–Crippen MR) is 94.3 cm³/mol. The lowest BCUT2D eigenvalue weighted by Gasteiger charge is -2.10. The standard InChI is InChI=1S/C17H15N5O2S/c1-11(14-9-12-5-2-3-6-13(12)24-14)19-15(23)10-25-17-20-16-18-7-4-8-22(16)21-17/h2-9,11H,10H2,1H3,(H,19,23). The summed E-state index contributed by atoms with van der Waals surface area (Å²) in [4.78, 5) is 20.5. The Labute approximate surface area is 147 Å². The molecule has 0 bridgehead atoms. The number of fused-ring (bicyclic) bond motifs is 2. The minimum absolute atomic E-state index is 0.107. The molecule has 7 nitrogen and oxygen atoms in total. The SMILES string of the molecule is CC(NC(=O)CSc1nc2ncccn2n1)c1cc2ccccc2o1. The van der Waals surface area contributed by atoms with Crippen molar-refractivity contribution in [3.05, 3.63) is 54.6 Å². The van der Waals surface area contributed by atoms with Crippen LogP contribution in [0.3, 0.4) is 0 Å². The van der Waals surface area contributed by atoms with Crippen molar-refractivity contribution in [2.75, 3.05) is 5.75 Å². The summed E-state index contributed by atoms with van der Waals surface area (Å²) in [5.74, 6) is 1.36. The van der Waals surface area contributed by atoms with Gasteiger partial charge in [-0.2, -0.15) is 4.98 Å². The second kappa shape index (κ2) is 6.56. The Morgan fingerprint density at radius 1 is 1.36 bits per heavy atom. The normalized spacial score (nSPS) is 12.5. The maximum absolute atomic E-state index is 12.2. The second-order valence-corrected chi connectivity index (χ2v) is 6.47. The summed E-state index contributed by atoms with van der Waals surface area (Å²) in [5, 5.41) is 8.73. The average molecular weight is 353 g/mol. The van der Waals surface area contributed by atoms with Gasteiger partial charge in [-0.05, 0) is 25.1 Å². The number of carbonyl (C=O) groups excluding carboxylic acids is 1. The third kappa shape index (κ3) is 3.34. The van der Waals surface area contributed by atoms with E-state index in [1.54, 1.807) is 23.0 Å². The highest BCUT2D eigenvalue weighted by molar-refractivity contribution is 7.99. The second-order valence-electron chi connectivity index (χ2n) is 5.52. The molecule has 1 atom stereocenters. The molecule has 0 saturated heterocycles. The van der Waals surface area contributed by atoms with Crippen LogP contribution in [0.2, 0.25) is 0 Å². The molecule has 0 radical (unpaired) electrons. The number of aromatic nitrogens is 4. The lowest BCUT2D eigenvalue weighted by atomic mass is 10.2. The molecule has 0 aliphatic rings. The number of hydrogen-bond donors (Lipinski definition) is 1. The van der Waals surface area contributed by atoms with Gasteiger partial charge in [0, 0.05) is 17.8 Å². The molecule has 4 rings (SSSR count). The van der Waals surface area contributed by atoms with E-state index in [0.717, 1.165) is 16.7 Å². The highest BCUT2D eigenvalue weighted by atomic mass is 32.2. The average Bonchev–Trinajstić information content (AvgIpc) is 3.23. The van der Waals surface area contributed by atoms with Crippen LogP contribution in [-0.4, -0.2) is 31.2 Å². The van der Waals surface area contributed by atoms with Gasteiger partial charge in [0.2, 0.25) is 11.1 Å². The molecule has 1 N–H and O–H groups in total. The summed E-state index contributed by atoms with van der Waals surface area (Å²) in [6.07, 6.45) is 3.42. The first-order valence-electron chi connectivity index (χ1n) is 7.77. The van der Waals surface area contributed by atoms with Crippen LogP contribution in [-0.2, 0) is 4.79 Å². The number of thioether (sulfide) groups is 1. The molecule has 1 aromatic carbocycles. The van der Waals surface area contributed by atoms with Crippen molar-refractivity contribution in [3.8, 4) is 0 Å². The van der Waals surface area contributed by atoms with E-state index in [0.29, 0.717) is 10.9 Å². The minimum Gasteiger partial charge on any atom is -0.459 e. The molecule has 0 aliphatic heterocycles. The van der Waals surface area contributed by atoms with E-state index in [2.05, 4.69) is 20.4 Å². The molecule has 3 aromatic heterocycles. The Morgan fingerprint density at radius 3 is 3.08 bits per heavy atom. The van der Waals surface area contributed by atoms with Gasteiger partial charge < -0.3 is 9.73 Å². The Morgan fingerprint density at radius 2 is 2.24 bits per heavy atom. The highest BCUT2D eigenvalue weighted by Gasteiger charge is 2.15. The van der Waals surface area contributed by atoms with Gasteiger partial charge in [0.15, 0.2) is 0 Å². The van der Waals surface area contributed by atoms with Crippen LogP contribution in [0.4, 0.5) is 0 Å². The van der Waals surface area contributed by atoms with E-state index < -0.39 is 0 Å². The number of nitrogens with one attached hydrogen (secondary N) is 1. The molecule has 1 unspecified atom stereocenters. The van der Waals surface area contributed by atoms with E-state index >= 15 is 0 Å². The first-order valence-corrected chi connectivity index (χ1v) is 8.75. The maximum atomic E-state index is 12.2. The number of amides is 1. The molecular weight excluding hydrogens is 338 g/mol. The van der Waals surface area contributed by atoms with Gasteiger partial charge in [0.1, 0.15) is 11.3 Å². The molecule has 3 heterocycles. The fraction of sp³-hybridized carbons (Fsp3) is 0.176. The maximum Gasteiger partial charge on any atom is 0.253 e. The van der Waals surface area contributed by atoms with Crippen LogP contribution in [0.1, 0.15) is 18.7 Å². The molecule has 0 spiro atoms. The number of carbonyl (C=O) groups is 1. The quantitative estimate of drug-likeness (QED) is 0.555. The number of benzene rings is 1. The summed E-state index contributed by atoms with van der Waals surface area (Å²) >= 11 is 1.27. The molecule has 0 aliphatic carbocycles. The smallest absolute Gasteiger partial charge is 0.253 e. The minimum atomic E-state index is -0.212. The van der Waals surface area contributed by atoms with Crippen molar-refractivity contribution >= 4 is 34.4 Å². The Kier molecular flexibility index (Phi) is 4.10. The van der Waals surface area contributed by atoms with Crippen LogP contribution in [0.25, 0.3) is 16.7 Å². The van der Waals surface area contributed by atoms with E-state index in [-0.39, 0.29) is 17.7 Å². The zero-order chi connectivity index (χ0) is 17.2. The largest absolute Gasteiger partial charge is 0.459 e. The summed E-state index contributed by atoms with van der Waals surface area (Å²) in [6, 6.07) is 11.3. The summed E-state index contributed by atoms with van der Waals surface area (Å²) < 4.78 is 7.36. The van der Waals surface area contributed by atoms with E-state index in [1.807, 2.05) is 37.3 Å². The van der Waals surface area contributed by atoms with Gasteiger partial charge in [0.05, 0.1) is 11.8 Å². The number of hydrogen-bond acceptors (Lipinski definition) is 6. The Bertz CT molecular complexity index is 976. The molecule has 0 saturated carbocycles. The van der Waals surface area contributed by atoms with Crippen molar-refractivity contribution in [1.29, 1.82) is 0 Å². The molecule has 25 heavy (non-hydrogen) atoms. The Hall–Kier alpha value is -2.87. The highest BCUT2D eigenvalue weighted by Crippen LogP contribution is 2.23. The van der Waals surface area contributed by atoms with Gasteiger partial charge in [-0.3, -0.25) is 4.79 Å². The van der Waals surface area contributed by atoms with Gasteiger partial charge in [-0.15, -0.1) is 5.10 Å². The lowest BCUT2D eigenvalue weighted by molar-refractivity contribution is -0.119. The van der Waals surface area contributed by atoms with Gasteiger partial charge in [0.25, 0.3) is 5.78 Å². The first kappa shape index (κ1) is 15.6. The van der Waals surface area contributed by atoms with E-state index in [1.165, 1.54) is 11.8 Å². The van der Waals surface area contributed by atoms with Crippen molar-refractivity contribution in [2.24, 2.45) is 0 Å². The van der Waals surface area contributed by atoms with Crippen LogP contribution in [0, 0.1) is 0 Å². The third-order valence-electron chi connectivity index (χ3n) is 3.68. The van der Waals surface area contributed by atoms with Crippen molar-refractivity contribution in [1.82, 2.24) is 24.9 Å². The number of furan rings is 1. The van der Waals surface area contributed by atoms with E-state index in [4.69, 9.17) is 4.42 Å². The zero-order valence-electron chi connectivity index (χ0n) is 13.4. The van der Waals surface area contributed by atoms with Crippen LogP contribution in [0.15, 0.2) is 58.4 Å². The molecular formula is C17H15N5O2S. The van der Waals surface area contributed by atoms with Crippen LogP contribution >= 0.6 is 11.8 Å². The molecule has 0 fully saturated rings. The van der Waals surface area contributed by atoms with Gasteiger partial charge in [-0.25, -0.2) is 9.50 Å². The summed E-state index contributed by atoms with van der Waals surface area (Å²) in [7, 11) is 0. The Balaban J connectivity index is 1.37. The molecule has 4 aromatic rings. The third-order valence-corrected chi connectivity index (χ3v) is 4.52.